The fraction of sp³-hybridized carbons (Fsp3) is 0.962. The molecule has 13 N–H and O–H groups in total. The van der Waals surface area contributed by atoms with E-state index in [0.29, 0.717) is 32.1 Å². The minimum atomic E-state index is -1.75. The number of hydrogen-bond donors (Lipinski definition) is 13. The molecule has 74 heavy (non-hydrogen) atoms. The van der Waals surface area contributed by atoms with Crippen molar-refractivity contribution in [2.45, 2.75) is 248 Å². The first-order chi connectivity index (χ1) is 34.7. The van der Waals surface area contributed by atoms with Crippen LogP contribution in [0.5, 0.6) is 0 Å². The number of hydrogen-bond acceptors (Lipinski definition) is 21. The van der Waals surface area contributed by atoms with E-state index in [1.807, 2.05) is 6.92 Å². The molecule has 8 fully saturated rings. The Labute approximate surface area is 434 Å². The Kier molecular flexibility index (Phi) is 17.9. The summed E-state index contributed by atoms with van der Waals surface area (Å²) in [5, 5.41) is 141. The summed E-state index contributed by atoms with van der Waals surface area (Å²) in [5.74, 6) is -0.257. The molecule has 4 aliphatic carbocycles. The summed E-state index contributed by atoms with van der Waals surface area (Å²) in [6.45, 7) is 15.9. The van der Waals surface area contributed by atoms with Gasteiger partial charge in [0.2, 0.25) is 0 Å². The van der Waals surface area contributed by atoms with Gasteiger partial charge in [0.25, 0.3) is 0 Å². The van der Waals surface area contributed by atoms with Gasteiger partial charge in [-0.15, -0.1) is 0 Å². The SMILES string of the molecule is CCC(C)=CCCC(C)(OC1OC(COC2OCC(O)C(O)C2O)C(O)C(O)C1O)C1CCC2(C)C1C(O)CC1C3(C)CCC(OC4OCC(O)C(O)C4OC4OC(CO)C(O)C(O)C4O)C(C)(C)C3CCC12C. The summed E-state index contributed by atoms with van der Waals surface area (Å²) in [6, 6.07) is 0. The predicted octanol–water partition coefficient (Wildman–Crippen LogP) is -0.534. The lowest BCUT2D eigenvalue weighted by atomic mass is 9.35. The van der Waals surface area contributed by atoms with Gasteiger partial charge in [-0.1, -0.05) is 53.2 Å². The van der Waals surface area contributed by atoms with Gasteiger partial charge >= 0.3 is 0 Å². The Morgan fingerprint density at radius 1 is 0.622 bits per heavy atom. The quantitative estimate of drug-likeness (QED) is 0.0724. The van der Waals surface area contributed by atoms with Crippen molar-refractivity contribution in [3.05, 3.63) is 11.6 Å². The van der Waals surface area contributed by atoms with Crippen LogP contribution in [0.2, 0.25) is 0 Å². The number of aliphatic hydroxyl groups is 13. The third kappa shape index (κ3) is 10.4. The molecule has 0 spiro atoms. The van der Waals surface area contributed by atoms with Crippen LogP contribution in [-0.4, -0.2) is 221 Å². The molecule has 8 rings (SSSR count). The summed E-state index contributed by atoms with van der Waals surface area (Å²) >= 11 is 0. The standard InChI is InChI=1S/C53H90O21/c1-9-24(2)11-10-15-53(8,74-47-43(66)40(63)38(61)30(71-47)23-69-45-41(64)35(58)27(56)21-67-45)25-12-17-52(7)34(25)26(55)19-32-50(5)16-14-33(49(3,4)31(50)13-18-51(32,52)6)72-48-44(36(59)28(57)22-68-48)73-46-42(65)39(62)37(60)29(20-54)70-46/h11,25-48,54-66H,9-10,12-23H2,1-8H3. The zero-order valence-corrected chi connectivity index (χ0v) is 44.4. The lowest BCUT2D eigenvalue weighted by molar-refractivity contribution is -0.367. The van der Waals surface area contributed by atoms with Crippen LogP contribution >= 0.6 is 0 Å². The largest absolute Gasteiger partial charge is 0.394 e. The molecule has 28 unspecified atom stereocenters. The van der Waals surface area contributed by atoms with E-state index in [9.17, 15) is 66.4 Å². The molecule has 0 aromatic heterocycles. The third-order valence-electron chi connectivity index (χ3n) is 20.6. The van der Waals surface area contributed by atoms with Crippen molar-refractivity contribution in [1.82, 2.24) is 0 Å². The maximum Gasteiger partial charge on any atom is 0.187 e. The molecular weight excluding hydrogens is 973 g/mol. The van der Waals surface area contributed by atoms with Crippen LogP contribution in [-0.2, 0) is 37.9 Å². The van der Waals surface area contributed by atoms with E-state index < -0.39 is 147 Å². The summed E-state index contributed by atoms with van der Waals surface area (Å²) in [7, 11) is 0. The van der Waals surface area contributed by atoms with Crippen LogP contribution in [0.25, 0.3) is 0 Å². The molecule has 0 aromatic rings. The smallest absolute Gasteiger partial charge is 0.187 e. The molecule has 28 atom stereocenters. The molecule has 0 amide bonds. The number of rotatable bonds is 15. The Bertz CT molecular complexity index is 1910. The molecule has 0 aromatic carbocycles. The van der Waals surface area contributed by atoms with Crippen molar-refractivity contribution in [1.29, 1.82) is 0 Å². The summed E-state index contributed by atoms with van der Waals surface area (Å²) in [5.41, 5.74) is -1.18. The van der Waals surface area contributed by atoms with E-state index in [2.05, 4.69) is 54.5 Å². The lowest BCUT2D eigenvalue weighted by Gasteiger charge is -2.71. The zero-order valence-electron chi connectivity index (χ0n) is 44.4. The zero-order chi connectivity index (χ0) is 54.2. The first-order valence-corrected chi connectivity index (χ1v) is 27.3. The molecule has 8 aliphatic rings. The first kappa shape index (κ1) is 59.0. The van der Waals surface area contributed by atoms with Gasteiger partial charge in [0.1, 0.15) is 85.5 Å². The monoisotopic (exact) mass is 1060 g/mol. The molecule has 4 saturated carbocycles. The Balaban J connectivity index is 1.00. The van der Waals surface area contributed by atoms with Crippen molar-refractivity contribution in [3.8, 4) is 0 Å². The Hall–Kier alpha value is -1.10. The van der Waals surface area contributed by atoms with Crippen molar-refractivity contribution in [2.24, 2.45) is 45.3 Å². The third-order valence-corrected chi connectivity index (χ3v) is 20.6. The first-order valence-electron chi connectivity index (χ1n) is 27.3. The highest BCUT2D eigenvalue weighted by molar-refractivity contribution is 5.20. The van der Waals surface area contributed by atoms with Gasteiger partial charge in [0.05, 0.1) is 44.2 Å². The average Bonchev–Trinajstić information content (AvgIpc) is 3.75. The number of ether oxygens (including phenoxy) is 8. The highest BCUT2D eigenvalue weighted by Crippen LogP contribution is 2.76. The Morgan fingerprint density at radius 2 is 1.22 bits per heavy atom. The van der Waals surface area contributed by atoms with E-state index in [4.69, 9.17) is 37.9 Å². The second kappa shape index (κ2) is 22.4. The fourth-order valence-electron chi connectivity index (χ4n) is 15.8. The van der Waals surface area contributed by atoms with Crippen LogP contribution < -0.4 is 0 Å². The average molecular weight is 1060 g/mol. The van der Waals surface area contributed by atoms with Crippen LogP contribution in [0.3, 0.4) is 0 Å². The summed E-state index contributed by atoms with van der Waals surface area (Å²) < 4.78 is 48.7. The van der Waals surface area contributed by atoms with Gasteiger partial charge < -0.3 is 104 Å². The van der Waals surface area contributed by atoms with Crippen LogP contribution in [0.4, 0.5) is 0 Å². The van der Waals surface area contributed by atoms with Gasteiger partial charge in [-0.05, 0) is 123 Å². The highest BCUT2D eigenvalue weighted by atomic mass is 16.8. The number of fused-ring (bicyclic) bond motifs is 5. The second-order valence-electron chi connectivity index (χ2n) is 25.0. The number of aliphatic hydroxyl groups excluding tert-OH is 13. The van der Waals surface area contributed by atoms with Crippen molar-refractivity contribution < 1.29 is 104 Å². The summed E-state index contributed by atoms with van der Waals surface area (Å²) in [6.07, 6.45) is -18.9. The molecule has 21 nitrogen and oxygen atoms in total. The van der Waals surface area contributed by atoms with Crippen molar-refractivity contribution in [2.75, 3.05) is 26.4 Å². The van der Waals surface area contributed by atoms with Crippen molar-refractivity contribution in [3.63, 3.8) is 0 Å². The summed E-state index contributed by atoms with van der Waals surface area (Å²) in [4.78, 5) is 0. The van der Waals surface area contributed by atoms with Crippen LogP contribution in [0.1, 0.15) is 120 Å². The molecule has 0 radical (unpaired) electrons. The minimum Gasteiger partial charge on any atom is -0.394 e. The Morgan fingerprint density at radius 3 is 1.88 bits per heavy atom. The fourth-order valence-corrected chi connectivity index (χ4v) is 15.8. The van der Waals surface area contributed by atoms with E-state index in [0.717, 1.165) is 32.1 Å². The van der Waals surface area contributed by atoms with E-state index in [1.54, 1.807) is 0 Å². The topological polar surface area (TPSA) is 337 Å². The molecule has 428 valence electrons. The van der Waals surface area contributed by atoms with Gasteiger partial charge in [-0.25, -0.2) is 0 Å². The van der Waals surface area contributed by atoms with Crippen molar-refractivity contribution >= 4 is 0 Å². The molecule has 0 bridgehead atoms. The van der Waals surface area contributed by atoms with Gasteiger partial charge in [0.15, 0.2) is 25.2 Å². The van der Waals surface area contributed by atoms with Crippen LogP contribution in [0.15, 0.2) is 11.6 Å². The maximum absolute atomic E-state index is 12.8. The molecule has 21 heteroatoms. The molecule has 4 aliphatic heterocycles. The molecule has 4 saturated heterocycles. The van der Waals surface area contributed by atoms with E-state index in [-0.39, 0.29) is 53.1 Å². The maximum atomic E-state index is 12.8. The van der Waals surface area contributed by atoms with E-state index >= 15 is 0 Å². The second-order valence-corrected chi connectivity index (χ2v) is 25.0. The van der Waals surface area contributed by atoms with E-state index in [1.165, 1.54) is 5.57 Å². The van der Waals surface area contributed by atoms with Gasteiger partial charge in [-0.2, -0.15) is 0 Å². The number of allylic oxidation sites excluding steroid dienone is 2. The van der Waals surface area contributed by atoms with Crippen LogP contribution in [0, 0.1) is 45.3 Å². The highest BCUT2D eigenvalue weighted by Gasteiger charge is 2.72. The van der Waals surface area contributed by atoms with Gasteiger partial charge in [-0.3, -0.25) is 0 Å². The normalized spacial score (nSPS) is 52.6. The molecular formula is C53H90O21. The van der Waals surface area contributed by atoms with Gasteiger partial charge in [0, 0.05) is 0 Å². The predicted molar refractivity (Wildman–Crippen MR) is 259 cm³/mol. The minimum absolute atomic E-state index is 0.0911. The lowest BCUT2D eigenvalue weighted by Crippen LogP contribution is -2.67. The molecule has 4 heterocycles.